The number of nitrogens with zero attached hydrogens (tertiary/aromatic N) is 2. The Bertz CT molecular complexity index is 777. The van der Waals surface area contributed by atoms with E-state index in [1.54, 1.807) is 5.32 Å². The maximum atomic E-state index is 11.3. The molecule has 2 amide bonds. The van der Waals surface area contributed by atoms with E-state index in [0.717, 1.165) is 18.9 Å². The third-order valence-electron chi connectivity index (χ3n) is 2.25. The van der Waals surface area contributed by atoms with Gasteiger partial charge in [-0.15, -0.1) is 15.8 Å². The number of hydrogen-bond acceptors (Lipinski definition) is 9. The second-order valence-corrected chi connectivity index (χ2v) is 4.61. The lowest BCUT2D eigenvalue weighted by Gasteiger charge is -1.97. The Hall–Kier alpha value is -4.16. The first-order valence-electron chi connectivity index (χ1n) is 9.25. The molecule has 0 atom stereocenters. The number of carbonyl (C=O) groups is 2. The van der Waals surface area contributed by atoms with Crippen molar-refractivity contribution in [1.29, 1.82) is 0 Å². The summed E-state index contributed by atoms with van der Waals surface area (Å²) < 4.78 is 68.7. The maximum Gasteiger partial charge on any atom is 0.398 e. The minimum Gasteiger partial charge on any atom is -0.357 e. The van der Waals surface area contributed by atoms with Crippen LogP contribution in [0.25, 0.3) is 0 Å². The van der Waals surface area contributed by atoms with Crippen LogP contribution in [-0.2, 0) is 29.0 Å². The molecule has 0 unspecified atom stereocenters. The molecule has 208 valence electrons. The van der Waals surface area contributed by atoms with Gasteiger partial charge in [-0.25, -0.2) is 27.6 Å². The third-order valence-corrected chi connectivity index (χ3v) is 2.25. The average Bonchev–Trinajstić information content (AvgIpc) is 2.91. The Balaban J connectivity index is -0.000000119. The van der Waals surface area contributed by atoms with Gasteiger partial charge in [0.15, 0.2) is 13.5 Å². The van der Waals surface area contributed by atoms with Crippen molar-refractivity contribution in [2.24, 2.45) is 9.98 Å². The van der Waals surface area contributed by atoms with E-state index in [-0.39, 0.29) is 13.3 Å². The van der Waals surface area contributed by atoms with Crippen molar-refractivity contribution in [2.45, 2.75) is 19.3 Å². The molecule has 0 spiro atoms. The molecule has 17 heteroatoms. The van der Waals surface area contributed by atoms with Gasteiger partial charge in [0.1, 0.15) is 6.67 Å². The number of amides is 2. The number of unbranched alkanes of at least 4 members (excludes halogenated alkanes) is 2. The standard InChI is InChI=1S/C7HNO.C6H12F2O2.C3H3FN2O2.C3H6FNO.CH2F2O/c1-2-3-4-5-6-8-7-9;7-6-9-4-2-1-3-5-10-8;4-3(8)6-1-5-2-7;1-5-3(6)2-4;2-1-4-3/h1H;1-6H2;1H2,(H,6,8);2H2,1H3,(H,5,6);1H2. The number of rotatable bonds is 11. The maximum absolute atomic E-state index is 11.3. The van der Waals surface area contributed by atoms with Crippen LogP contribution in [-0.4, -0.2) is 71.6 Å². The number of alkyl halides is 3. The molecule has 11 nitrogen and oxygen atoms in total. The molecule has 0 aromatic heterocycles. The Labute approximate surface area is 208 Å². The van der Waals surface area contributed by atoms with Crippen molar-refractivity contribution in [1.82, 2.24) is 10.6 Å². The second-order valence-electron chi connectivity index (χ2n) is 4.61. The van der Waals surface area contributed by atoms with Gasteiger partial charge in [0.25, 0.3) is 5.91 Å². The molecule has 0 aromatic carbocycles. The first kappa shape index (κ1) is 43.0. The second kappa shape index (κ2) is 49.1. The lowest BCUT2D eigenvalue weighted by molar-refractivity contribution is -0.167. The summed E-state index contributed by atoms with van der Waals surface area (Å²) in [7, 11) is 1.39. The van der Waals surface area contributed by atoms with Crippen LogP contribution in [0.3, 0.4) is 0 Å². The normalized spacial score (nSPS) is 7.30. The quantitative estimate of drug-likeness (QED) is 0.0770. The van der Waals surface area contributed by atoms with Crippen molar-refractivity contribution >= 4 is 24.2 Å². The summed E-state index contributed by atoms with van der Waals surface area (Å²) >= 11 is 0. The number of nitrogens with one attached hydrogen (secondary N) is 2. The van der Waals surface area contributed by atoms with Crippen LogP contribution < -0.4 is 10.6 Å². The van der Waals surface area contributed by atoms with Crippen molar-refractivity contribution in [3.63, 3.8) is 0 Å². The molecule has 0 bridgehead atoms. The molecule has 0 aromatic rings. The highest BCUT2D eigenvalue weighted by atomic mass is 19.3. The summed E-state index contributed by atoms with van der Waals surface area (Å²) in [6, 6.07) is 2.05. The fourth-order valence-electron chi connectivity index (χ4n) is 0.939. The predicted octanol–water partition coefficient (Wildman–Crippen LogP) is 2.40. The Morgan fingerprint density at radius 1 is 0.919 bits per heavy atom. The Morgan fingerprint density at radius 3 is 1.92 bits per heavy atom. The highest BCUT2D eigenvalue weighted by molar-refractivity contribution is 5.76. The monoisotopic (exact) mass is 546 g/mol. The molecule has 0 rings (SSSR count). The number of terminal acetylenes is 1. The van der Waals surface area contributed by atoms with Gasteiger partial charge in [0, 0.05) is 25.5 Å². The molecule has 0 aliphatic carbocycles. The number of aliphatic imine (C=N–C) groups is 2. The largest absolute Gasteiger partial charge is 0.398 e. The van der Waals surface area contributed by atoms with Crippen molar-refractivity contribution in [3.05, 3.63) is 0 Å². The molecule has 0 radical (unpaired) electrons. The molecule has 0 saturated carbocycles. The van der Waals surface area contributed by atoms with Gasteiger partial charge >= 0.3 is 6.16 Å². The SMILES string of the molecule is C#CC#CC#CN=C=O.CNC(=O)CF.FCOCCCCCOF.FCOF.O=C=NCNC(=O)F. The van der Waals surface area contributed by atoms with E-state index in [0.29, 0.717) is 13.0 Å². The molecule has 37 heavy (non-hydrogen) atoms. The van der Waals surface area contributed by atoms with Gasteiger partial charge in [-0.3, -0.25) is 4.79 Å². The summed E-state index contributed by atoms with van der Waals surface area (Å²) in [4.78, 5) is 49.1. The third kappa shape index (κ3) is 79.9. The van der Waals surface area contributed by atoms with Gasteiger partial charge in [-0.05, 0) is 40.2 Å². The fourth-order valence-corrected chi connectivity index (χ4v) is 0.939. The summed E-state index contributed by atoms with van der Waals surface area (Å²) in [6.45, 7) is -2.83. The van der Waals surface area contributed by atoms with Crippen LogP contribution >= 0.6 is 0 Å². The van der Waals surface area contributed by atoms with E-state index in [9.17, 15) is 45.8 Å². The zero-order chi connectivity index (χ0) is 29.4. The van der Waals surface area contributed by atoms with Crippen LogP contribution in [0.15, 0.2) is 9.98 Å². The van der Waals surface area contributed by atoms with Crippen molar-refractivity contribution < 1.29 is 60.4 Å². The number of halogens is 6. The van der Waals surface area contributed by atoms with Gasteiger partial charge in [0.2, 0.25) is 19.0 Å². The predicted molar refractivity (Wildman–Crippen MR) is 116 cm³/mol. The van der Waals surface area contributed by atoms with Crippen LogP contribution in [0.2, 0.25) is 0 Å². The van der Waals surface area contributed by atoms with E-state index in [2.05, 4.69) is 53.7 Å². The van der Waals surface area contributed by atoms with Crippen LogP contribution in [0.5, 0.6) is 0 Å². The highest BCUT2D eigenvalue weighted by Crippen LogP contribution is 1.96. The zero-order valence-electron chi connectivity index (χ0n) is 19.5. The molecule has 0 heterocycles. The van der Waals surface area contributed by atoms with Gasteiger partial charge in [-0.1, -0.05) is 0 Å². The average molecular weight is 546 g/mol. The smallest absolute Gasteiger partial charge is 0.357 e. The molecule has 0 fully saturated rings. The van der Waals surface area contributed by atoms with Crippen LogP contribution in [0.1, 0.15) is 19.3 Å². The topological polar surface area (TPSA) is 145 Å². The highest BCUT2D eigenvalue weighted by Gasteiger charge is 1.90. The van der Waals surface area contributed by atoms with E-state index in [1.165, 1.54) is 13.1 Å². The molecule has 0 aliphatic heterocycles. The van der Waals surface area contributed by atoms with E-state index >= 15 is 0 Å². The molecule has 0 saturated heterocycles. The number of isocyanates is 2. The van der Waals surface area contributed by atoms with Gasteiger partial charge in [-0.2, -0.15) is 14.9 Å². The van der Waals surface area contributed by atoms with E-state index < -0.39 is 32.5 Å². The van der Waals surface area contributed by atoms with Crippen LogP contribution in [0, 0.1) is 36.1 Å². The molecular formula is C20H24F6N4O7. The number of ether oxygens (including phenoxy) is 1. The fraction of sp³-hybridized carbons (Fsp3) is 0.500. The van der Waals surface area contributed by atoms with E-state index in [4.69, 9.17) is 6.42 Å². The Morgan fingerprint density at radius 2 is 1.54 bits per heavy atom. The minimum atomic E-state index is -1.70. The number of hydrogen-bond donors (Lipinski definition) is 2. The van der Waals surface area contributed by atoms with Gasteiger partial charge < -0.3 is 15.4 Å². The first-order valence-corrected chi connectivity index (χ1v) is 9.25. The summed E-state index contributed by atoms with van der Waals surface area (Å²) in [5, 5.41) is 3.71. The molecule has 2 N–H and O–H groups in total. The summed E-state index contributed by atoms with van der Waals surface area (Å²) in [6.07, 6.45) is 7.61. The number of carbonyl (C=O) groups excluding carboxylic acids is 4. The lowest BCUT2D eigenvalue weighted by atomic mass is 10.2. The van der Waals surface area contributed by atoms with Gasteiger partial charge in [0.05, 0.1) is 12.7 Å². The first-order chi connectivity index (χ1) is 17.8. The zero-order valence-corrected chi connectivity index (χ0v) is 19.5. The van der Waals surface area contributed by atoms with Crippen LogP contribution in [0.4, 0.5) is 31.4 Å². The van der Waals surface area contributed by atoms with Crippen molar-refractivity contribution in [2.75, 3.05) is 47.3 Å². The summed E-state index contributed by atoms with van der Waals surface area (Å²) in [5.74, 6) is 8.14. The Kier molecular flexibility index (Phi) is 57.0. The van der Waals surface area contributed by atoms with E-state index in [1.807, 2.05) is 5.92 Å². The summed E-state index contributed by atoms with van der Waals surface area (Å²) in [5.41, 5.74) is 0. The lowest BCUT2D eigenvalue weighted by Crippen LogP contribution is -2.18. The molecular weight excluding hydrogens is 522 g/mol. The molecule has 0 aliphatic rings. The minimum absolute atomic E-state index is 0.121. The van der Waals surface area contributed by atoms with Crippen molar-refractivity contribution in [3.8, 4) is 36.1 Å².